The van der Waals surface area contributed by atoms with Crippen molar-refractivity contribution in [1.29, 1.82) is 0 Å². The predicted molar refractivity (Wildman–Crippen MR) is 71.7 cm³/mol. The highest BCUT2D eigenvalue weighted by Gasteiger charge is 2.24. The van der Waals surface area contributed by atoms with Crippen LogP contribution in [0, 0.1) is 0 Å². The Kier molecular flexibility index (Phi) is 4.88. The van der Waals surface area contributed by atoms with Gasteiger partial charge in [0.15, 0.2) is 5.78 Å². The second kappa shape index (κ2) is 6.43. The molecule has 0 spiro atoms. The van der Waals surface area contributed by atoms with Crippen LogP contribution in [0.25, 0.3) is 0 Å². The molecule has 1 atom stereocenters. The number of halogens is 1. The maximum atomic E-state index is 12.1. The van der Waals surface area contributed by atoms with Gasteiger partial charge in [0.1, 0.15) is 0 Å². The molecule has 0 aliphatic carbocycles. The third-order valence-corrected chi connectivity index (χ3v) is 3.55. The van der Waals surface area contributed by atoms with Crippen LogP contribution in [0.2, 0.25) is 0 Å². The monoisotopic (exact) mass is 313 g/mol. The molecule has 1 heterocycles. The fraction of sp³-hybridized carbons (Fsp3) is 0.462. The molecule has 1 unspecified atom stereocenters. The maximum Gasteiger partial charge on any atom is 0.176 e. The van der Waals surface area contributed by atoms with Gasteiger partial charge in [0.2, 0.25) is 0 Å². The number of benzene rings is 1. The highest BCUT2D eigenvalue weighted by molar-refractivity contribution is 9.10. The number of hydrogen-bond acceptors (Lipinski definition) is 4. The van der Waals surface area contributed by atoms with Crippen LogP contribution < -0.4 is 0 Å². The minimum atomic E-state index is -0.0742. The van der Waals surface area contributed by atoms with E-state index in [4.69, 9.17) is 4.74 Å². The zero-order valence-corrected chi connectivity index (χ0v) is 11.6. The van der Waals surface area contributed by atoms with E-state index < -0.39 is 0 Å². The predicted octanol–water partition coefficient (Wildman–Crippen LogP) is 1.32. The van der Waals surface area contributed by atoms with Crippen molar-refractivity contribution in [3.63, 3.8) is 0 Å². The first kappa shape index (κ1) is 13.7. The van der Waals surface area contributed by atoms with E-state index in [-0.39, 0.29) is 18.4 Å². The number of morpholine rings is 1. The fourth-order valence-corrected chi connectivity index (χ4v) is 2.40. The van der Waals surface area contributed by atoms with Gasteiger partial charge in [0.25, 0.3) is 0 Å². The molecule has 5 heteroatoms. The van der Waals surface area contributed by atoms with Gasteiger partial charge >= 0.3 is 0 Å². The number of ketones is 1. The van der Waals surface area contributed by atoms with Crippen molar-refractivity contribution in [2.45, 2.75) is 6.04 Å². The molecule has 0 bridgehead atoms. The third kappa shape index (κ3) is 3.38. The van der Waals surface area contributed by atoms with E-state index in [1.165, 1.54) is 0 Å². The lowest BCUT2D eigenvalue weighted by Crippen LogP contribution is -2.49. The Hall–Kier alpha value is -0.750. The molecular weight excluding hydrogens is 298 g/mol. The van der Waals surface area contributed by atoms with Crippen LogP contribution >= 0.6 is 15.9 Å². The van der Waals surface area contributed by atoms with E-state index in [0.29, 0.717) is 31.9 Å². The summed E-state index contributed by atoms with van der Waals surface area (Å²) in [6, 6.07) is 7.29. The SMILES string of the molecule is O=C(CN1CCOCC1CO)c1cccc(Br)c1. The molecule has 18 heavy (non-hydrogen) atoms. The highest BCUT2D eigenvalue weighted by Crippen LogP contribution is 2.14. The summed E-state index contributed by atoms with van der Waals surface area (Å²) < 4.78 is 6.19. The Bertz CT molecular complexity index is 424. The third-order valence-electron chi connectivity index (χ3n) is 3.05. The van der Waals surface area contributed by atoms with E-state index in [1.807, 2.05) is 29.2 Å². The second-order valence-corrected chi connectivity index (χ2v) is 5.23. The van der Waals surface area contributed by atoms with Gasteiger partial charge in [-0.1, -0.05) is 28.1 Å². The van der Waals surface area contributed by atoms with Crippen molar-refractivity contribution in [3.05, 3.63) is 34.3 Å². The number of carbonyl (C=O) groups is 1. The average molecular weight is 314 g/mol. The van der Waals surface area contributed by atoms with Crippen molar-refractivity contribution >= 4 is 21.7 Å². The Morgan fingerprint density at radius 1 is 1.56 bits per heavy atom. The molecule has 1 fully saturated rings. The lowest BCUT2D eigenvalue weighted by atomic mass is 10.1. The lowest BCUT2D eigenvalue weighted by Gasteiger charge is -2.33. The maximum absolute atomic E-state index is 12.1. The van der Waals surface area contributed by atoms with Gasteiger partial charge in [0.05, 0.1) is 32.4 Å². The molecule has 1 aromatic carbocycles. The average Bonchev–Trinajstić information content (AvgIpc) is 2.39. The van der Waals surface area contributed by atoms with Gasteiger partial charge in [-0.3, -0.25) is 9.69 Å². The normalized spacial score (nSPS) is 20.9. The second-order valence-electron chi connectivity index (χ2n) is 4.32. The number of Topliss-reactive ketones (excluding diaryl/α,β-unsaturated/α-hetero) is 1. The smallest absolute Gasteiger partial charge is 0.176 e. The van der Waals surface area contributed by atoms with Crippen molar-refractivity contribution in [1.82, 2.24) is 4.90 Å². The van der Waals surface area contributed by atoms with Gasteiger partial charge in [-0.15, -0.1) is 0 Å². The molecule has 2 rings (SSSR count). The van der Waals surface area contributed by atoms with Crippen LogP contribution in [0.3, 0.4) is 0 Å². The summed E-state index contributed by atoms with van der Waals surface area (Å²) in [5, 5.41) is 9.25. The van der Waals surface area contributed by atoms with E-state index >= 15 is 0 Å². The van der Waals surface area contributed by atoms with Crippen molar-refractivity contribution in [3.8, 4) is 0 Å². The van der Waals surface area contributed by atoms with Crippen molar-refractivity contribution < 1.29 is 14.6 Å². The van der Waals surface area contributed by atoms with Crippen LogP contribution in [0.4, 0.5) is 0 Å². The van der Waals surface area contributed by atoms with E-state index in [0.717, 1.165) is 4.47 Å². The number of aliphatic hydroxyl groups is 1. The summed E-state index contributed by atoms with van der Waals surface area (Å²) in [4.78, 5) is 14.1. The summed E-state index contributed by atoms with van der Waals surface area (Å²) >= 11 is 3.36. The van der Waals surface area contributed by atoms with Gasteiger partial charge in [-0.2, -0.15) is 0 Å². The molecule has 1 aliphatic rings. The van der Waals surface area contributed by atoms with Crippen LogP contribution in [-0.2, 0) is 4.74 Å². The van der Waals surface area contributed by atoms with Crippen molar-refractivity contribution in [2.24, 2.45) is 0 Å². The Labute approximate surface area is 115 Å². The first-order chi connectivity index (χ1) is 8.70. The van der Waals surface area contributed by atoms with Gasteiger partial charge < -0.3 is 9.84 Å². The number of hydrogen-bond donors (Lipinski definition) is 1. The standard InChI is InChI=1S/C13H16BrNO3/c14-11-3-1-2-10(6-11)13(17)7-15-4-5-18-9-12(15)8-16/h1-3,6,12,16H,4-5,7-9H2. The highest BCUT2D eigenvalue weighted by atomic mass is 79.9. The quantitative estimate of drug-likeness (QED) is 0.852. The van der Waals surface area contributed by atoms with E-state index in [1.54, 1.807) is 0 Å². The summed E-state index contributed by atoms with van der Waals surface area (Å²) in [5.41, 5.74) is 0.688. The molecule has 0 saturated carbocycles. The van der Waals surface area contributed by atoms with Crippen LogP contribution in [-0.4, -0.2) is 54.7 Å². The fourth-order valence-electron chi connectivity index (χ4n) is 2.00. The number of nitrogens with zero attached hydrogens (tertiary/aromatic N) is 1. The minimum Gasteiger partial charge on any atom is -0.395 e. The molecule has 0 amide bonds. The van der Waals surface area contributed by atoms with Crippen LogP contribution in [0.5, 0.6) is 0 Å². The van der Waals surface area contributed by atoms with E-state index in [2.05, 4.69) is 15.9 Å². The largest absolute Gasteiger partial charge is 0.395 e. The number of ether oxygens (including phenoxy) is 1. The number of aliphatic hydroxyl groups excluding tert-OH is 1. The van der Waals surface area contributed by atoms with Gasteiger partial charge in [-0.25, -0.2) is 0 Å². The Morgan fingerprint density at radius 2 is 2.39 bits per heavy atom. The molecule has 1 aliphatic heterocycles. The molecule has 1 aromatic rings. The topological polar surface area (TPSA) is 49.8 Å². The van der Waals surface area contributed by atoms with Gasteiger partial charge in [0, 0.05) is 16.6 Å². The Morgan fingerprint density at radius 3 is 3.11 bits per heavy atom. The summed E-state index contributed by atoms with van der Waals surface area (Å²) in [6.07, 6.45) is 0. The lowest BCUT2D eigenvalue weighted by molar-refractivity contribution is -0.0240. The van der Waals surface area contributed by atoms with Crippen molar-refractivity contribution in [2.75, 3.05) is 32.9 Å². The Balaban J connectivity index is 2.02. The number of rotatable bonds is 4. The molecule has 0 aromatic heterocycles. The van der Waals surface area contributed by atoms with Crippen LogP contribution in [0.15, 0.2) is 28.7 Å². The molecule has 1 saturated heterocycles. The zero-order valence-electron chi connectivity index (χ0n) is 10.0. The summed E-state index contributed by atoms with van der Waals surface area (Å²) in [5.74, 6) is 0.0663. The number of carbonyl (C=O) groups excluding carboxylic acids is 1. The van der Waals surface area contributed by atoms with E-state index in [9.17, 15) is 9.90 Å². The molecular formula is C13H16BrNO3. The first-order valence-corrected chi connectivity index (χ1v) is 6.71. The molecule has 4 nitrogen and oxygen atoms in total. The summed E-state index contributed by atoms with van der Waals surface area (Å²) in [6.45, 7) is 2.13. The molecule has 98 valence electrons. The first-order valence-electron chi connectivity index (χ1n) is 5.92. The van der Waals surface area contributed by atoms with Gasteiger partial charge in [-0.05, 0) is 12.1 Å². The molecule has 0 radical (unpaired) electrons. The van der Waals surface area contributed by atoms with Crippen LogP contribution in [0.1, 0.15) is 10.4 Å². The molecule has 1 N–H and O–H groups in total. The minimum absolute atomic E-state index is 0.0196. The zero-order chi connectivity index (χ0) is 13.0. The summed E-state index contributed by atoms with van der Waals surface area (Å²) in [7, 11) is 0.